The van der Waals surface area contributed by atoms with E-state index < -0.39 is 0 Å². The number of anilines is 1. The number of piperazine rings is 1. The van der Waals surface area contributed by atoms with Gasteiger partial charge in [-0.2, -0.15) is 4.98 Å². The first-order valence-electron chi connectivity index (χ1n) is 9.75. The van der Waals surface area contributed by atoms with Gasteiger partial charge in [0.2, 0.25) is 5.88 Å². The second kappa shape index (κ2) is 7.33. The number of nitrogens with zero attached hydrogens (tertiary/aromatic N) is 5. The van der Waals surface area contributed by atoms with E-state index in [1.807, 2.05) is 36.5 Å². The van der Waals surface area contributed by atoms with Crippen molar-refractivity contribution in [3.8, 4) is 5.88 Å². The van der Waals surface area contributed by atoms with Crippen LogP contribution < -0.4 is 9.64 Å². The zero-order valence-corrected chi connectivity index (χ0v) is 16.3. The molecule has 0 aliphatic carbocycles. The van der Waals surface area contributed by atoms with E-state index in [1.54, 1.807) is 7.11 Å². The van der Waals surface area contributed by atoms with E-state index in [2.05, 4.69) is 25.3 Å². The molecule has 0 N–H and O–H groups in total. The van der Waals surface area contributed by atoms with Crippen molar-refractivity contribution in [1.82, 2.24) is 19.3 Å². The van der Waals surface area contributed by atoms with Gasteiger partial charge in [-0.15, -0.1) is 0 Å². The van der Waals surface area contributed by atoms with Crippen LogP contribution in [0.5, 0.6) is 5.88 Å². The molecule has 0 bridgehead atoms. The molecule has 4 heterocycles. The molecule has 148 valence electrons. The molecular weight excluding hydrogens is 369 g/mol. The number of halogens is 1. The lowest BCUT2D eigenvalue weighted by molar-refractivity contribution is 0.249. The minimum atomic E-state index is -0.190. The fourth-order valence-corrected chi connectivity index (χ4v) is 3.92. The highest BCUT2D eigenvalue weighted by atomic mass is 19.1. The molecule has 0 saturated carbocycles. The molecule has 0 radical (unpaired) electrons. The monoisotopic (exact) mass is 391 g/mol. The predicted octanol–water partition coefficient (Wildman–Crippen LogP) is 3.35. The summed E-state index contributed by atoms with van der Waals surface area (Å²) in [4.78, 5) is 14.2. The summed E-state index contributed by atoms with van der Waals surface area (Å²) < 4.78 is 20.5. The van der Waals surface area contributed by atoms with Gasteiger partial charge in [0.15, 0.2) is 11.5 Å². The molecule has 1 saturated heterocycles. The molecule has 0 atom stereocenters. The van der Waals surface area contributed by atoms with Crippen LogP contribution in [-0.4, -0.2) is 52.6 Å². The fourth-order valence-electron chi connectivity index (χ4n) is 3.92. The van der Waals surface area contributed by atoms with Crippen molar-refractivity contribution in [2.75, 3.05) is 38.2 Å². The van der Waals surface area contributed by atoms with Crippen LogP contribution in [0.2, 0.25) is 0 Å². The number of ether oxygens (including phenoxy) is 1. The second-order valence-electron chi connectivity index (χ2n) is 7.28. The summed E-state index contributed by atoms with van der Waals surface area (Å²) in [6.07, 6.45) is 2.01. The van der Waals surface area contributed by atoms with Gasteiger partial charge in [-0.25, -0.2) is 9.37 Å². The molecule has 6 nitrogen and oxygen atoms in total. The molecule has 0 spiro atoms. The summed E-state index contributed by atoms with van der Waals surface area (Å²) in [5.74, 6) is 1.37. The van der Waals surface area contributed by atoms with E-state index in [9.17, 15) is 4.39 Å². The predicted molar refractivity (Wildman–Crippen MR) is 111 cm³/mol. The van der Waals surface area contributed by atoms with Crippen LogP contribution in [0.25, 0.3) is 16.7 Å². The highest BCUT2D eigenvalue weighted by molar-refractivity contribution is 5.83. The molecule has 29 heavy (non-hydrogen) atoms. The molecular formula is C22H22FN5O. The first kappa shape index (κ1) is 17.9. The molecule has 0 amide bonds. The smallest absolute Gasteiger partial charge is 0.215 e. The van der Waals surface area contributed by atoms with Crippen LogP contribution in [0.3, 0.4) is 0 Å². The number of hydrogen-bond donors (Lipinski definition) is 0. The third-order valence-corrected chi connectivity index (χ3v) is 5.46. The molecule has 7 heteroatoms. The van der Waals surface area contributed by atoms with Gasteiger partial charge in [0.1, 0.15) is 11.3 Å². The van der Waals surface area contributed by atoms with Crippen LogP contribution >= 0.6 is 0 Å². The summed E-state index contributed by atoms with van der Waals surface area (Å²) in [5, 5.41) is 0. The molecule has 0 unspecified atom stereocenters. The molecule has 1 aromatic carbocycles. The molecule has 1 aliphatic rings. The Balaban J connectivity index is 1.38. The number of hydrogen-bond acceptors (Lipinski definition) is 5. The lowest BCUT2D eigenvalue weighted by Crippen LogP contribution is -2.46. The van der Waals surface area contributed by atoms with Gasteiger partial charge in [0.05, 0.1) is 12.6 Å². The van der Waals surface area contributed by atoms with Crippen molar-refractivity contribution >= 4 is 22.5 Å². The maximum Gasteiger partial charge on any atom is 0.215 e. The fraction of sp³-hybridized carbons (Fsp3) is 0.273. The minimum Gasteiger partial charge on any atom is -0.481 e. The van der Waals surface area contributed by atoms with Gasteiger partial charge in [-0.1, -0.05) is 12.1 Å². The number of rotatable bonds is 4. The Morgan fingerprint density at radius 3 is 2.52 bits per heavy atom. The number of methoxy groups -OCH3 is 1. The normalized spacial score (nSPS) is 15.3. The molecule has 1 aliphatic heterocycles. The highest BCUT2D eigenvalue weighted by Crippen LogP contribution is 2.26. The van der Waals surface area contributed by atoms with Crippen molar-refractivity contribution in [2.45, 2.75) is 6.54 Å². The Kier molecular flexibility index (Phi) is 4.52. The van der Waals surface area contributed by atoms with Crippen LogP contribution in [0.4, 0.5) is 10.2 Å². The van der Waals surface area contributed by atoms with Crippen LogP contribution in [0, 0.1) is 5.82 Å². The van der Waals surface area contributed by atoms with Crippen LogP contribution in [-0.2, 0) is 6.54 Å². The van der Waals surface area contributed by atoms with E-state index >= 15 is 0 Å². The number of benzene rings is 1. The highest BCUT2D eigenvalue weighted by Gasteiger charge is 2.21. The Hall–Kier alpha value is -3.19. The second-order valence-corrected chi connectivity index (χ2v) is 7.28. The molecule has 4 aromatic rings. The quantitative estimate of drug-likeness (QED) is 0.534. The third kappa shape index (κ3) is 3.38. The summed E-state index contributed by atoms with van der Waals surface area (Å²) in [7, 11) is 1.62. The van der Waals surface area contributed by atoms with E-state index in [1.165, 1.54) is 12.1 Å². The van der Waals surface area contributed by atoms with Crippen molar-refractivity contribution in [1.29, 1.82) is 0 Å². The van der Waals surface area contributed by atoms with Crippen molar-refractivity contribution < 1.29 is 9.13 Å². The van der Waals surface area contributed by atoms with Crippen LogP contribution in [0.15, 0.2) is 54.7 Å². The Morgan fingerprint density at radius 1 is 0.966 bits per heavy atom. The molecule has 3 aromatic heterocycles. The summed E-state index contributed by atoms with van der Waals surface area (Å²) >= 11 is 0. The SMILES string of the molecule is COc1ccc2nc(N3CCN(Cc4ccc(F)cc4)CC3)c3cccn3c2n1. The minimum absolute atomic E-state index is 0.190. The number of pyridine rings is 1. The van der Waals surface area contributed by atoms with Crippen molar-refractivity contribution in [2.24, 2.45) is 0 Å². The Labute approximate surface area is 168 Å². The van der Waals surface area contributed by atoms with E-state index in [0.29, 0.717) is 5.88 Å². The van der Waals surface area contributed by atoms with Gasteiger partial charge in [-0.3, -0.25) is 9.30 Å². The van der Waals surface area contributed by atoms with Gasteiger partial charge in [0, 0.05) is 45.0 Å². The van der Waals surface area contributed by atoms with E-state index in [0.717, 1.165) is 60.8 Å². The van der Waals surface area contributed by atoms with E-state index in [4.69, 9.17) is 9.72 Å². The molecule has 5 rings (SSSR count). The zero-order valence-electron chi connectivity index (χ0n) is 16.3. The lowest BCUT2D eigenvalue weighted by atomic mass is 10.2. The standard InChI is InChI=1S/C22H22FN5O/c1-29-20-9-8-18-21(25-20)28-10-2-3-19(28)22(24-18)27-13-11-26(12-14-27)15-16-4-6-17(23)7-5-16/h2-10H,11-15H2,1H3. The van der Waals surface area contributed by atoms with Gasteiger partial charge in [0.25, 0.3) is 0 Å². The van der Waals surface area contributed by atoms with Crippen LogP contribution in [0.1, 0.15) is 5.56 Å². The van der Waals surface area contributed by atoms with Crippen molar-refractivity contribution in [3.05, 3.63) is 66.1 Å². The van der Waals surface area contributed by atoms with Crippen molar-refractivity contribution in [3.63, 3.8) is 0 Å². The van der Waals surface area contributed by atoms with Gasteiger partial charge in [-0.05, 0) is 35.9 Å². The average molecular weight is 391 g/mol. The summed E-state index contributed by atoms with van der Waals surface area (Å²) in [6, 6.07) is 14.7. The van der Waals surface area contributed by atoms with Gasteiger partial charge < -0.3 is 9.64 Å². The Bertz CT molecular complexity index is 1150. The number of fused-ring (bicyclic) bond motifs is 3. The molecule has 1 fully saturated rings. The maximum atomic E-state index is 13.1. The largest absolute Gasteiger partial charge is 0.481 e. The first-order valence-corrected chi connectivity index (χ1v) is 9.75. The summed E-state index contributed by atoms with van der Waals surface area (Å²) in [5.41, 5.74) is 3.82. The number of aromatic nitrogens is 3. The average Bonchev–Trinajstić information content (AvgIpc) is 3.25. The first-order chi connectivity index (χ1) is 14.2. The zero-order chi connectivity index (χ0) is 19.8. The maximum absolute atomic E-state index is 13.1. The third-order valence-electron chi connectivity index (χ3n) is 5.46. The van der Waals surface area contributed by atoms with E-state index in [-0.39, 0.29) is 5.82 Å². The Morgan fingerprint density at radius 2 is 1.76 bits per heavy atom. The topological polar surface area (TPSA) is 45.9 Å². The summed E-state index contributed by atoms with van der Waals surface area (Å²) in [6.45, 7) is 4.49. The lowest BCUT2D eigenvalue weighted by Gasteiger charge is -2.35. The van der Waals surface area contributed by atoms with Gasteiger partial charge >= 0.3 is 0 Å².